The molecule has 4 heteroatoms. The number of aromatic nitrogens is 1. The maximum atomic E-state index is 11.9. The van der Waals surface area contributed by atoms with E-state index < -0.39 is 0 Å². The fourth-order valence-corrected chi connectivity index (χ4v) is 3.26. The number of nitrogens with one attached hydrogen (secondary N) is 1. The van der Waals surface area contributed by atoms with Gasteiger partial charge in [0.05, 0.1) is 5.69 Å². The number of rotatable bonds is 4. The summed E-state index contributed by atoms with van der Waals surface area (Å²) in [6, 6.07) is 2.39. The van der Waals surface area contributed by atoms with E-state index in [0.29, 0.717) is 17.9 Å². The lowest BCUT2D eigenvalue weighted by Gasteiger charge is -2.52. The average molecular weight is 304 g/mol. The Morgan fingerprint density at radius 3 is 2.59 bits per heavy atom. The average Bonchev–Trinajstić information content (AvgIpc) is 3.15. The van der Waals surface area contributed by atoms with Crippen LogP contribution in [0.4, 0.5) is 0 Å². The maximum Gasteiger partial charge on any atom is 0.223 e. The first-order valence-corrected chi connectivity index (χ1v) is 8.44. The number of hydrogen-bond donors (Lipinski definition) is 1. The molecule has 2 atom stereocenters. The molecule has 1 aromatic rings. The van der Waals surface area contributed by atoms with Gasteiger partial charge in [-0.05, 0) is 37.0 Å². The first kappa shape index (κ1) is 15.6. The SMILES string of the molecule is CC(C)(C)c1cc(C[C@@H]2C[C@H](NC(=O)C3CC3)C2(C)C)no1. The minimum absolute atomic E-state index is 0.00115. The van der Waals surface area contributed by atoms with Crippen molar-refractivity contribution < 1.29 is 9.32 Å². The van der Waals surface area contributed by atoms with Gasteiger partial charge in [-0.1, -0.05) is 39.8 Å². The van der Waals surface area contributed by atoms with Crippen LogP contribution in [0.2, 0.25) is 0 Å². The van der Waals surface area contributed by atoms with Crippen LogP contribution in [0.3, 0.4) is 0 Å². The molecular weight excluding hydrogens is 276 g/mol. The zero-order valence-electron chi connectivity index (χ0n) is 14.4. The maximum absolute atomic E-state index is 11.9. The largest absolute Gasteiger partial charge is 0.361 e. The van der Waals surface area contributed by atoms with Crippen LogP contribution in [0, 0.1) is 17.3 Å². The van der Waals surface area contributed by atoms with E-state index in [4.69, 9.17) is 4.52 Å². The van der Waals surface area contributed by atoms with Crippen molar-refractivity contribution in [2.24, 2.45) is 17.3 Å². The Kier molecular flexibility index (Phi) is 3.61. The van der Waals surface area contributed by atoms with E-state index in [1.165, 1.54) is 0 Å². The van der Waals surface area contributed by atoms with Gasteiger partial charge >= 0.3 is 0 Å². The van der Waals surface area contributed by atoms with Crippen molar-refractivity contribution in [1.29, 1.82) is 0 Å². The van der Waals surface area contributed by atoms with Gasteiger partial charge in [0.25, 0.3) is 0 Å². The third-order valence-corrected chi connectivity index (χ3v) is 5.49. The first-order valence-electron chi connectivity index (χ1n) is 8.44. The van der Waals surface area contributed by atoms with Crippen LogP contribution in [0.5, 0.6) is 0 Å². The zero-order valence-corrected chi connectivity index (χ0v) is 14.4. The third kappa shape index (κ3) is 2.92. The summed E-state index contributed by atoms with van der Waals surface area (Å²) in [5, 5.41) is 7.46. The summed E-state index contributed by atoms with van der Waals surface area (Å²) in [4.78, 5) is 11.9. The van der Waals surface area contributed by atoms with Crippen molar-refractivity contribution in [3.8, 4) is 0 Å². The fourth-order valence-electron chi connectivity index (χ4n) is 3.26. The second-order valence-electron chi connectivity index (χ2n) is 8.73. The van der Waals surface area contributed by atoms with Gasteiger partial charge in [-0.3, -0.25) is 4.79 Å². The van der Waals surface area contributed by atoms with E-state index in [0.717, 1.165) is 37.1 Å². The number of hydrogen-bond acceptors (Lipinski definition) is 3. The summed E-state index contributed by atoms with van der Waals surface area (Å²) in [6.07, 6.45) is 4.11. The highest BCUT2D eigenvalue weighted by Gasteiger charge is 2.49. The lowest BCUT2D eigenvalue weighted by molar-refractivity contribution is -0.126. The van der Waals surface area contributed by atoms with Crippen LogP contribution >= 0.6 is 0 Å². The van der Waals surface area contributed by atoms with Crippen molar-refractivity contribution in [3.05, 3.63) is 17.5 Å². The molecular formula is C18H28N2O2. The van der Waals surface area contributed by atoms with E-state index in [9.17, 15) is 4.79 Å². The van der Waals surface area contributed by atoms with Gasteiger partial charge in [-0.15, -0.1) is 0 Å². The van der Waals surface area contributed by atoms with Gasteiger partial charge in [0.1, 0.15) is 5.76 Å². The number of nitrogens with zero attached hydrogens (tertiary/aromatic N) is 1. The Morgan fingerprint density at radius 1 is 1.41 bits per heavy atom. The van der Waals surface area contributed by atoms with E-state index in [1.807, 2.05) is 0 Å². The van der Waals surface area contributed by atoms with Crippen molar-refractivity contribution in [3.63, 3.8) is 0 Å². The molecule has 122 valence electrons. The Hall–Kier alpha value is -1.32. The topological polar surface area (TPSA) is 55.1 Å². The molecule has 1 N–H and O–H groups in total. The molecule has 0 unspecified atom stereocenters. The predicted molar refractivity (Wildman–Crippen MR) is 85.4 cm³/mol. The van der Waals surface area contributed by atoms with Crippen LogP contribution in [0.1, 0.15) is 65.3 Å². The highest BCUT2D eigenvalue weighted by Crippen LogP contribution is 2.48. The van der Waals surface area contributed by atoms with Crippen LogP contribution in [0.25, 0.3) is 0 Å². The molecule has 4 nitrogen and oxygen atoms in total. The van der Waals surface area contributed by atoms with Crippen molar-refractivity contribution in [2.75, 3.05) is 0 Å². The quantitative estimate of drug-likeness (QED) is 0.927. The zero-order chi connectivity index (χ0) is 16.1. The highest BCUT2D eigenvalue weighted by molar-refractivity contribution is 5.81. The van der Waals surface area contributed by atoms with Gasteiger partial charge in [-0.25, -0.2) is 0 Å². The van der Waals surface area contributed by atoms with Crippen molar-refractivity contribution >= 4 is 5.91 Å². The van der Waals surface area contributed by atoms with Crippen molar-refractivity contribution in [1.82, 2.24) is 10.5 Å². The molecule has 0 spiro atoms. The molecule has 0 aliphatic heterocycles. The summed E-state index contributed by atoms with van der Waals surface area (Å²) >= 11 is 0. The minimum Gasteiger partial charge on any atom is -0.361 e. The fraction of sp³-hybridized carbons (Fsp3) is 0.778. The molecule has 1 amide bonds. The molecule has 0 saturated heterocycles. The van der Waals surface area contributed by atoms with Gasteiger partial charge in [0.15, 0.2) is 0 Å². The van der Waals surface area contributed by atoms with Gasteiger partial charge < -0.3 is 9.84 Å². The van der Waals surface area contributed by atoms with Gasteiger partial charge in [0, 0.05) is 23.4 Å². The Balaban J connectivity index is 1.58. The van der Waals surface area contributed by atoms with Crippen LogP contribution in [-0.4, -0.2) is 17.1 Å². The molecule has 0 aromatic carbocycles. The normalized spacial score (nSPS) is 27.3. The number of carbonyl (C=O) groups excluding carboxylic acids is 1. The highest BCUT2D eigenvalue weighted by atomic mass is 16.5. The first-order chi connectivity index (χ1) is 10.2. The van der Waals surface area contributed by atoms with Crippen LogP contribution in [0.15, 0.2) is 10.6 Å². The molecule has 0 radical (unpaired) electrons. The molecule has 1 aromatic heterocycles. The lowest BCUT2D eigenvalue weighted by Crippen LogP contribution is -2.59. The lowest BCUT2D eigenvalue weighted by atomic mass is 9.57. The predicted octanol–water partition coefficient (Wildman–Crippen LogP) is 3.46. The molecule has 2 aliphatic carbocycles. The van der Waals surface area contributed by atoms with Gasteiger partial charge in [-0.2, -0.15) is 0 Å². The third-order valence-electron chi connectivity index (χ3n) is 5.49. The van der Waals surface area contributed by atoms with Crippen LogP contribution in [-0.2, 0) is 16.6 Å². The van der Waals surface area contributed by atoms with Gasteiger partial charge in [0.2, 0.25) is 5.91 Å². The van der Waals surface area contributed by atoms with E-state index in [-0.39, 0.29) is 16.7 Å². The molecule has 3 rings (SSSR count). The van der Waals surface area contributed by atoms with Crippen molar-refractivity contribution in [2.45, 2.75) is 71.8 Å². The Morgan fingerprint density at radius 2 is 2.09 bits per heavy atom. The summed E-state index contributed by atoms with van der Waals surface area (Å²) in [5.74, 6) is 2.04. The van der Waals surface area contributed by atoms with E-state index in [1.54, 1.807) is 0 Å². The van der Waals surface area contributed by atoms with E-state index in [2.05, 4.69) is 51.2 Å². The molecule has 0 bridgehead atoms. The second-order valence-corrected chi connectivity index (χ2v) is 8.73. The molecule has 22 heavy (non-hydrogen) atoms. The summed E-state index contributed by atoms with van der Waals surface area (Å²) in [5.41, 5.74) is 1.17. The molecule has 2 aliphatic rings. The number of carbonyl (C=O) groups is 1. The summed E-state index contributed by atoms with van der Waals surface area (Å²) in [7, 11) is 0. The molecule has 2 saturated carbocycles. The Bertz CT molecular complexity index is 564. The number of amides is 1. The van der Waals surface area contributed by atoms with E-state index >= 15 is 0 Å². The molecule has 1 heterocycles. The summed E-state index contributed by atoms with van der Waals surface area (Å²) in [6.45, 7) is 10.9. The molecule has 2 fully saturated rings. The smallest absolute Gasteiger partial charge is 0.223 e. The monoisotopic (exact) mass is 304 g/mol. The standard InChI is InChI=1S/C18H28N2O2/c1-17(2,3)15-10-13(20-22-15)8-12-9-14(18(12,4)5)19-16(21)11-6-7-11/h10-12,14H,6-9H2,1-5H3,(H,19,21)/t12-,14+/m1/s1. The summed E-state index contributed by atoms with van der Waals surface area (Å²) < 4.78 is 5.48. The Labute approximate surface area is 133 Å². The minimum atomic E-state index is 0.00115. The van der Waals surface area contributed by atoms with Crippen LogP contribution < -0.4 is 5.32 Å². The second kappa shape index (κ2) is 5.10.